The van der Waals surface area contributed by atoms with Crippen molar-refractivity contribution in [1.82, 2.24) is 24.6 Å². The van der Waals surface area contributed by atoms with Crippen LogP contribution in [-0.4, -0.2) is 50.1 Å². The molecule has 0 radical (unpaired) electrons. The van der Waals surface area contributed by atoms with Crippen molar-refractivity contribution in [3.8, 4) is 34.5 Å². The van der Waals surface area contributed by atoms with Crippen LogP contribution in [0.4, 0.5) is 0 Å². The Hall–Kier alpha value is -3.99. The van der Waals surface area contributed by atoms with Gasteiger partial charge in [0, 0.05) is 38.0 Å². The highest BCUT2D eigenvalue weighted by Gasteiger charge is 2.39. The molecule has 1 aromatic carbocycles. The maximum atomic E-state index is 12.4. The number of amides is 2. The number of benzene rings is 1. The van der Waals surface area contributed by atoms with Gasteiger partial charge in [-0.05, 0) is 37.6 Å². The normalized spacial score (nSPS) is 18.0. The van der Waals surface area contributed by atoms with Crippen LogP contribution in [-0.2, 0) is 11.8 Å². The van der Waals surface area contributed by atoms with Crippen LogP contribution in [0.25, 0.3) is 22.6 Å². The molecular weight excluding hydrogens is 392 g/mol. The molecule has 2 amide bonds. The van der Waals surface area contributed by atoms with Crippen LogP contribution >= 0.6 is 0 Å². The van der Waals surface area contributed by atoms with Gasteiger partial charge < -0.3 is 10.6 Å². The molecule has 0 saturated carbocycles. The smallest absolute Gasteiger partial charge is 0.286 e. The summed E-state index contributed by atoms with van der Waals surface area (Å²) in [6, 6.07) is 11.1. The van der Waals surface area contributed by atoms with Gasteiger partial charge in [0.2, 0.25) is 11.7 Å². The second kappa shape index (κ2) is 7.69. The van der Waals surface area contributed by atoms with E-state index in [0.29, 0.717) is 24.4 Å². The predicted molar refractivity (Wildman–Crippen MR) is 115 cm³/mol. The summed E-state index contributed by atoms with van der Waals surface area (Å²) in [4.78, 5) is 34.5. The van der Waals surface area contributed by atoms with E-state index >= 15 is 0 Å². The summed E-state index contributed by atoms with van der Waals surface area (Å²) >= 11 is 0. The van der Waals surface area contributed by atoms with Crippen molar-refractivity contribution in [3.63, 3.8) is 0 Å². The lowest BCUT2D eigenvalue weighted by molar-refractivity contribution is -0.131. The third-order valence-corrected chi connectivity index (χ3v) is 5.44. The Balaban J connectivity index is 1.74. The molecule has 8 heteroatoms. The number of hydrogen-bond acceptors (Lipinski definition) is 5. The van der Waals surface area contributed by atoms with Gasteiger partial charge in [0.1, 0.15) is 5.41 Å². The SMILES string of the molecule is CN1CC[C@@](C)(C#Cc2cccc(-c3cc(-c4ccnn4C)nc(C(N)=O)n3)c2)C1=O. The number of aromatic nitrogens is 4. The quantitative estimate of drug-likeness (QED) is 0.659. The lowest BCUT2D eigenvalue weighted by atomic mass is 9.89. The first-order valence-corrected chi connectivity index (χ1v) is 9.83. The summed E-state index contributed by atoms with van der Waals surface area (Å²) in [5.74, 6) is 5.53. The molecule has 1 fully saturated rings. The first kappa shape index (κ1) is 20.3. The summed E-state index contributed by atoms with van der Waals surface area (Å²) in [6.45, 7) is 2.58. The molecular formula is C23H22N6O2. The molecule has 1 atom stereocenters. The van der Waals surface area contributed by atoms with Gasteiger partial charge in [0.15, 0.2) is 0 Å². The van der Waals surface area contributed by atoms with Crippen LogP contribution in [0, 0.1) is 17.3 Å². The third kappa shape index (κ3) is 3.90. The number of primary amides is 1. The summed E-state index contributed by atoms with van der Waals surface area (Å²) in [7, 11) is 3.58. The van der Waals surface area contributed by atoms with E-state index in [1.807, 2.05) is 31.2 Å². The van der Waals surface area contributed by atoms with E-state index in [1.54, 1.807) is 42.0 Å². The number of nitrogens with zero attached hydrogens (tertiary/aromatic N) is 5. The Morgan fingerprint density at radius 1 is 1.16 bits per heavy atom. The number of carbonyl (C=O) groups is 2. The largest absolute Gasteiger partial charge is 0.363 e. The molecule has 2 N–H and O–H groups in total. The van der Waals surface area contributed by atoms with Crippen molar-refractivity contribution in [2.45, 2.75) is 13.3 Å². The van der Waals surface area contributed by atoms with Crippen molar-refractivity contribution in [3.05, 3.63) is 54.0 Å². The summed E-state index contributed by atoms with van der Waals surface area (Å²) in [6.07, 6.45) is 2.36. The molecule has 8 nitrogen and oxygen atoms in total. The third-order valence-electron chi connectivity index (χ3n) is 5.44. The Bertz CT molecular complexity index is 1250. The second-order valence-electron chi connectivity index (χ2n) is 7.81. The fourth-order valence-corrected chi connectivity index (χ4v) is 3.57. The Morgan fingerprint density at radius 2 is 1.94 bits per heavy atom. The highest BCUT2D eigenvalue weighted by atomic mass is 16.2. The zero-order valence-corrected chi connectivity index (χ0v) is 17.6. The first-order chi connectivity index (χ1) is 14.8. The number of aryl methyl sites for hydroxylation is 1. The van der Waals surface area contributed by atoms with Crippen LogP contribution in [0.3, 0.4) is 0 Å². The molecule has 156 valence electrons. The molecule has 0 unspecified atom stereocenters. The topological polar surface area (TPSA) is 107 Å². The molecule has 1 aliphatic rings. The number of rotatable bonds is 3. The molecule has 0 bridgehead atoms. The van der Waals surface area contributed by atoms with Crippen molar-refractivity contribution in [2.24, 2.45) is 18.2 Å². The van der Waals surface area contributed by atoms with Gasteiger partial charge >= 0.3 is 0 Å². The molecule has 0 spiro atoms. The molecule has 31 heavy (non-hydrogen) atoms. The number of nitrogens with two attached hydrogens (primary N) is 1. The van der Waals surface area contributed by atoms with E-state index in [2.05, 4.69) is 26.9 Å². The second-order valence-corrected chi connectivity index (χ2v) is 7.81. The minimum absolute atomic E-state index is 0.0406. The van der Waals surface area contributed by atoms with Crippen molar-refractivity contribution in [2.75, 3.05) is 13.6 Å². The van der Waals surface area contributed by atoms with Crippen molar-refractivity contribution >= 4 is 11.8 Å². The highest BCUT2D eigenvalue weighted by molar-refractivity contribution is 5.90. The monoisotopic (exact) mass is 414 g/mol. The zero-order chi connectivity index (χ0) is 22.2. The van der Waals surface area contributed by atoms with E-state index in [-0.39, 0.29) is 11.7 Å². The van der Waals surface area contributed by atoms with Gasteiger partial charge in [-0.2, -0.15) is 5.10 Å². The maximum absolute atomic E-state index is 12.4. The van der Waals surface area contributed by atoms with Crippen LogP contribution in [0.1, 0.15) is 29.5 Å². The van der Waals surface area contributed by atoms with Crippen molar-refractivity contribution < 1.29 is 9.59 Å². The fourth-order valence-electron chi connectivity index (χ4n) is 3.57. The Labute approximate surface area is 180 Å². The van der Waals surface area contributed by atoms with Gasteiger partial charge in [-0.25, -0.2) is 9.97 Å². The standard InChI is InChI=1S/C23H22N6O2/c1-23(10-12-28(2)22(23)31)9-7-15-5-4-6-16(13-15)17-14-18(19-8-11-25-29(19)3)27-21(26-17)20(24)30/h4-6,8,11,13-14H,10,12H2,1-3H3,(H2,24,30)/t23-/m1/s1. The zero-order valence-electron chi connectivity index (χ0n) is 17.6. The van der Waals surface area contributed by atoms with E-state index < -0.39 is 11.3 Å². The number of likely N-dealkylation sites (tertiary alicyclic amines) is 1. The molecule has 3 heterocycles. The van der Waals surface area contributed by atoms with E-state index in [4.69, 9.17) is 5.73 Å². The summed E-state index contributed by atoms with van der Waals surface area (Å²) in [5, 5.41) is 4.15. The van der Waals surface area contributed by atoms with Crippen LogP contribution in [0.15, 0.2) is 42.6 Å². The van der Waals surface area contributed by atoms with Crippen LogP contribution in [0.5, 0.6) is 0 Å². The minimum atomic E-state index is -0.710. The van der Waals surface area contributed by atoms with E-state index in [1.165, 1.54) is 0 Å². The molecule has 3 aromatic rings. The van der Waals surface area contributed by atoms with Gasteiger partial charge in [-0.3, -0.25) is 14.3 Å². The van der Waals surface area contributed by atoms with Gasteiger partial charge in [0.05, 0.1) is 17.1 Å². The maximum Gasteiger partial charge on any atom is 0.286 e. The summed E-state index contributed by atoms with van der Waals surface area (Å²) < 4.78 is 1.66. The molecule has 1 aliphatic heterocycles. The Morgan fingerprint density at radius 3 is 2.58 bits per heavy atom. The fraction of sp³-hybridized carbons (Fsp3) is 0.261. The first-order valence-electron chi connectivity index (χ1n) is 9.83. The predicted octanol–water partition coefficient (Wildman–Crippen LogP) is 1.86. The number of carbonyl (C=O) groups excluding carboxylic acids is 2. The van der Waals surface area contributed by atoms with Gasteiger partial charge in [-0.1, -0.05) is 24.0 Å². The average molecular weight is 414 g/mol. The lowest BCUT2D eigenvalue weighted by Crippen LogP contribution is -2.28. The van der Waals surface area contributed by atoms with E-state index in [0.717, 1.165) is 16.8 Å². The molecule has 0 aliphatic carbocycles. The Kier molecular flexibility index (Phi) is 5.03. The van der Waals surface area contributed by atoms with Crippen molar-refractivity contribution in [1.29, 1.82) is 0 Å². The average Bonchev–Trinajstić information content (AvgIpc) is 3.31. The summed E-state index contributed by atoms with van der Waals surface area (Å²) in [5.41, 5.74) is 8.13. The molecule has 4 rings (SSSR count). The van der Waals surface area contributed by atoms with E-state index in [9.17, 15) is 9.59 Å². The minimum Gasteiger partial charge on any atom is -0.363 e. The highest BCUT2D eigenvalue weighted by Crippen LogP contribution is 2.30. The number of hydrogen-bond donors (Lipinski definition) is 1. The van der Waals surface area contributed by atoms with Crippen LogP contribution in [0.2, 0.25) is 0 Å². The molecule has 1 saturated heterocycles. The lowest BCUT2D eigenvalue weighted by Gasteiger charge is -2.14. The van der Waals surface area contributed by atoms with Gasteiger partial charge in [0.25, 0.3) is 5.91 Å². The van der Waals surface area contributed by atoms with Gasteiger partial charge in [-0.15, -0.1) is 0 Å². The van der Waals surface area contributed by atoms with Crippen LogP contribution < -0.4 is 5.73 Å². The molecule has 2 aromatic heterocycles.